The topological polar surface area (TPSA) is 224 Å². The van der Waals surface area contributed by atoms with Crippen LogP contribution in [-0.2, 0) is 38.1 Å². The van der Waals surface area contributed by atoms with Gasteiger partial charge in [-0.3, -0.25) is 9.59 Å². The highest BCUT2D eigenvalue weighted by atomic mass is 16.6. The van der Waals surface area contributed by atoms with Crippen molar-refractivity contribution in [3.8, 4) is 0 Å². The Morgan fingerprint density at radius 3 is 2.10 bits per heavy atom. The van der Waals surface area contributed by atoms with Gasteiger partial charge in [-0.25, -0.2) is 14.4 Å². The monoisotopic (exact) mass is 821 g/mol. The quantitative estimate of drug-likeness (QED) is 0.131. The molecule has 0 unspecified atom stereocenters. The molecule has 320 valence electrons. The van der Waals surface area contributed by atoms with Crippen LogP contribution >= 0.6 is 0 Å². The number of carbonyl (C=O) groups excluding carboxylic acids is 5. The van der Waals surface area contributed by atoms with Crippen molar-refractivity contribution in [2.75, 3.05) is 13.7 Å². The lowest BCUT2D eigenvalue weighted by atomic mass is 9.47. The number of methoxy groups -OCH3 is 1. The van der Waals surface area contributed by atoms with Gasteiger partial charge in [0.1, 0.15) is 35.6 Å². The fourth-order valence-electron chi connectivity index (χ4n) is 9.02. The number of Topliss-reactive ketones (excluding diaryl/α,β-unsaturated/α-hetero) is 1. The molecule has 2 aromatic rings. The van der Waals surface area contributed by atoms with Crippen molar-refractivity contribution in [1.29, 1.82) is 0 Å². The molecule has 59 heavy (non-hydrogen) atoms. The standard InChI is InChI=1S/C44H55NO14/c1-24-28(56-38(52)32(49)31(26-16-12-10-13-17-26)45-39(53)59-40(3,4)5)22-44(54)36(57-37(51)27-18-14-11-15-19-27)34-42(8,35(50)33(55-9)30(24)41(44,6)7)21-20-29(48)43(34,23-46)58-25(2)47/h10-21,28-29,31-34,36,46,48-49,54H,22-23H2,1-9H3,(H,45,53)/t28-,29+,31-,32+,33+,34-,36-,42+,43-,44+/m0/s1. The van der Waals surface area contributed by atoms with Crippen LogP contribution in [0.3, 0.4) is 0 Å². The van der Waals surface area contributed by atoms with Crippen LogP contribution in [0.1, 0.15) is 83.8 Å². The van der Waals surface area contributed by atoms with Crippen LogP contribution in [0.2, 0.25) is 0 Å². The second kappa shape index (κ2) is 16.6. The maximum atomic E-state index is 15.2. The van der Waals surface area contributed by atoms with Gasteiger partial charge in [0, 0.05) is 25.9 Å². The second-order valence-electron chi connectivity index (χ2n) is 17.2. The third-order valence-electron chi connectivity index (χ3n) is 12.0. The van der Waals surface area contributed by atoms with Gasteiger partial charge >= 0.3 is 24.0 Å². The summed E-state index contributed by atoms with van der Waals surface area (Å²) >= 11 is 0. The van der Waals surface area contributed by atoms with Crippen LogP contribution in [0, 0.1) is 16.7 Å². The molecule has 0 heterocycles. The largest absolute Gasteiger partial charge is 0.456 e. The van der Waals surface area contributed by atoms with Crippen molar-refractivity contribution in [3.63, 3.8) is 0 Å². The Balaban J connectivity index is 1.71. The van der Waals surface area contributed by atoms with Gasteiger partial charge in [-0.1, -0.05) is 74.5 Å². The van der Waals surface area contributed by atoms with Crippen molar-refractivity contribution < 1.29 is 68.1 Å². The normalized spacial score (nSPS) is 31.1. The van der Waals surface area contributed by atoms with E-state index in [4.69, 9.17) is 23.7 Å². The molecule has 2 aromatic carbocycles. The third kappa shape index (κ3) is 8.18. The van der Waals surface area contributed by atoms with E-state index < -0.39 is 113 Å². The van der Waals surface area contributed by atoms with Gasteiger partial charge in [-0.2, -0.15) is 0 Å². The van der Waals surface area contributed by atoms with Crippen LogP contribution in [0.15, 0.2) is 84.0 Å². The fraction of sp³-hybridized carbons (Fsp3) is 0.523. The predicted molar refractivity (Wildman–Crippen MR) is 210 cm³/mol. The Kier molecular flexibility index (Phi) is 12.7. The minimum Gasteiger partial charge on any atom is -0.456 e. The van der Waals surface area contributed by atoms with Gasteiger partial charge in [-0.05, 0) is 63.5 Å². The number of alkyl carbamates (subject to hydrolysis) is 1. The zero-order valence-electron chi connectivity index (χ0n) is 34.8. The number of nitrogens with one attached hydrogen (secondary N) is 1. The smallest absolute Gasteiger partial charge is 0.408 e. The molecule has 0 spiro atoms. The molecule has 1 fully saturated rings. The maximum absolute atomic E-state index is 15.2. The molecule has 10 atom stereocenters. The first-order valence-corrected chi connectivity index (χ1v) is 19.4. The maximum Gasteiger partial charge on any atom is 0.408 e. The van der Waals surface area contributed by atoms with E-state index in [0.29, 0.717) is 5.56 Å². The first kappa shape index (κ1) is 45.2. The van der Waals surface area contributed by atoms with E-state index in [-0.39, 0.29) is 16.7 Å². The molecule has 2 bridgehead atoms. The first-order chi connectivity index (χ1) is 27.5. The summed E-state index contributed by atoms with van der Waals surface area (Å²) in [6, 6.07) is 14.5. The van der Waals surface area contributed by atoms with Crippen LogP contribution in [-0.4, -0.2) is 111 Å². The minimum absolute atomic E-state index is 0.0473. The molecule has 1 saturated carbocycles. The lowest BCUT2D eigenvalue weighted by molar-refractivity contribution is -0.257. The number of allylic oxidation sites excluding steroid dienone is 1. The second-order valence-corrected chi connectivity index (χ2v) is 17.2. The highest BCUT2D eigenvalue weighted by Gasteiger charge is 2.73. The zero-order valence-corrected chi connectivity index (χ0v) is 34.8. The molecule has 5 rings (SSSR count). The van der Waals surface area contributed by atoms with Crippen molar-refractivity contribution >= 4 is 29.8 Å². The summed E-state index contributed by atoms with van der Waals surface area (Å²) < 4.78 is 29.4. The average Bonchev–Trinajstić information content (AvgIpc) is 3.17. The number of hydrogen-bond acceptors (Lipinski definition) is 14. The predicted octanol–water partition coefficient (Wildman–Crippen LogP) is 3.67. The summed E-state index contributed by atoms with van der Waals surface area (Å²) in [7, 11) is 1.27. The molecular formula is C44H55NO14. The number of esters is 3. The lowest BCUT2D eigenvalue weighted by Gasteiger charge is -2.62. The van der Waals surface area contributed by atoms with Crippen LogP contribution in [0.25, 0.3) is 0 Å². The number of aliphatic hydroxyl groups is 4. The summed E-state index contributed by atoms with van der Waals surface area (Å²) in [5.74, 6) is -5.54. The van der Waals surface area contributed by atoms with Gasteiger partial charge < -0.3 is 49.4 Å². The molecule has 3 aliphatic carbocycles. The lowest BCUT2D eigenvalue weighted by Crippen LogP contribution is -2.75. The summed E-state index contributed by atoms with van der Waals surface area (Å²) in [6.07, 6.45) is -7.57. The number of fused-ring (bicyclic) bond motifs is 3. The van der Waals surface area contributed by atoms with Gasteiger partial charge in [0.25, 0.3) is 0 Å². The highest BCUT2D eigenvalue weighted by molar-refractivity contribution is 5.95. The van der Waals surface area contributed by atoms with Crippen LogP contribution in [0.4, 0.5) is 4.79 Å². The van der Waals surface area contributed by atoms with Crippen molar-refractivity contribution in [2.45, 2.75) is 115 Å². The summed E-state index contributed by atoms with van der Waals surface area (Å²) in [5, 5.41) is 50.4. The van der Waals surface area contributed by atoms with Gasteiger partial charge in [-0.15, -0.1) is 0 Å². The number of carbonyl (C=O) groups is 5. The SMILES string of the molecule is CO[C@H]1C(=O)[C@]2(C)C=C[C@@H](O)[C@](CO)(OC(C)=O)[C@H]2[C@H](OC(=O)c2ccccc2)[C@]2(O)C[C@H](OC(=O)[C@H](O)[C@@H](NC(=O)OC(C)(C)C)c3ccccc3)C(C)=C1C2(C)C. The highest BCUT2D eigenvalue weighted by Crippen LogP contribution is 2.61. The summed E-state index contributed by atoms with van der Waals surface area (Å²) in [6.45, 7) is 11.1. The average molecular weight is 822 g/mol. The van der Waals surface area contributed by atoms with Crippen molar-refractivity contribution in [3.05, 3.63) is 95.1 Å². The minimum atomic E-state index is -2.39. The molecule has 0 saturated heterocycles. The van der Waals surface area contributed by atoms with E-state index in [0.717, 1.165) is 6.92 Å². The van der Waals surface area contributed by atoms with E-state index in [1.54, 1.807) is 90.1 Å². The summed E-state index contributed by atoms with van der Waals surface area (Å²) in [5.41, 5.74) is -8.33. The molecule has 15 heteroatoms. The van der Waals surface area contributed by atoms with E-state index in [9.17, 15) is 39.6 Å². The fourth-order valence-corrected chi connectivity index (χ4v) is 9.02. The third-order valence-corrected chi connectivity index (χ3v) is 12.0. The Morgan fingerprint density at radius 2 is 1.56 bits per heavy atom. The van der Waals surface area contributed by atoms with Gasteiger partial charge in [0.15, 0.2) is 17.5 Å². The Morgan fingerprint density at radius 1 is 0.966 bits per heavy atom. The Bertz CT molecular complexity index is 1990. The summed E-state index contributed by atoms with van der Waals surface area (Å²) in [4.78, 5) is 69.2. The molecular weight excluding hydrogens is 766 g/mol. The number of benzene rings is 2. The van der Waals surface area contributed by atoms with Gasteiger partial charge in [0.05, 0.1) is 29.5 Å². The number of rotatable bonds is 10. The molecule has 5 N–H and O–H groups in total. The number of aliphatic hydroxyl groups excluding tert-OH is 3. The number of ether oxygens (including phenoxy) is 5. The van der Waals surface area contributed by atoms with Crippen molar-refractivity contribution in [2.24, 2.45) is 16.7 Å². The van der Waals surface area contributed by atoms with Crippen LogP contribution in [0.5, 0.6) is 0 Å². The van der Waals surface area contributed by atoms with E-state index in [1.165, 1.54) is 38.3 Å². The molecule has 1 amide bonds. The molecule has 15 nitrogen and oxygen atoms in total. The molecule has 0 aliphatic heterocycles. The number of ketones is 1. The molecule has 3 aliphatic rings. The first-order valence-electron chi connectivity index (χ1n) is 19.4. The van der Waals surface area contributed by atoms with Gasteiger partial charge in [0.2, 0.25) is 0 Å². The Hall–Kier alpha value is -4.93. The molecule has 0 aromatic heterocycles. The van der Waals surface area contributed by atoms with Crippen LogP contribution < -0.4 is 5.32 Å². The van der Waals surface area contributed by atoms with E-state index in [2.05, 4.69) is 5.32 Å². The number of hydrogen-bond donors (Lipinski definition) is 5. The zero-order chi connectivity index (χ0) is 43.9. The number of amides is 1. The van der Waals surface area contributed by atoms with Crippen molar-refractivity contribution in [1.82, 2.24) is 5.32 Å². The van der Waals surface area contributed by atoms with E-state index >= 15 is 4.79 Å². The van der Waals surface area contributed by atoms with E-state index in [1.807, 2.05) is 0 Å². The Labute approximate surface area is 343 Å². The molecule has 0 radical (unpaired) electrons.